The van der Waals surface area contributed by atoms with Gasteiger partial charge in [0.05, 0.1) is 0 Å². The van der Waals surface area contributed by atoms with E-state index in [0.29, 0.717) is 4.90 Å². The molecule has 1 rings (SSSR count). The average Bonchev–Trinajstić information content (AvgIpc) is 2.51. The molecule has 1 aliphatic rings. The maximum Gasteiger partial charge on any atom is 0.463 e. The first-order chi connectivity index (χ1) is 8.57. The Labute approximate surface area is 106 Å². The summed E-state index contributed by atoms with van der Waals surface area (Å²) in [7, 11) is 0. The summed E-state index contributed by atoms with van der Waals surface area (Å²) in [5.74, 6) is -7.96. The monoisotopic (exact) mass is 288 g/mol. The van der Waals surface area contributed by atoms with Crippen LogP contribution in [-0.4, -0.2) is 59.9 Å². The predicted octanol–water partition coefficient (Wildman–Crippen LogP) is 1.26. The Morgan fingerprint density at radius 2 is 1.37 bits per heavy atom. The van der Waals surface area contributed by atoms with Crippen LogP contribution in [0, 0.1) is 0 Å². The summed E-state index contributed by atoms with van der Waals surface area (Å²) in [4.78, 5) is 24.1. The standard InChI is InChI=1S/C10H13F5N2O2/c1-7(18)16-3-2-4-17(6-5-16)8(19)9(11,12)10(13,14)15/h2-6H2,1H3. The van der Waals surface area contributed by atoms with Crippen molar-refractivity contribution in [1.29, 1.82) is 0 Å². The molecule has 0 spiro atoms. The van der Waals surface area contributed by atoms with Crippen molar-refractivity contribution < 1.29 is 31.5 Å². The van der Waals surface area contributed by atoms with Crippen LogP contribution in [-0.2, 0) is 9.59 Å². The topological polar surface area (TPSA) is 40.6 Å². The van der Waals surface area contributed by atoms with E-state index in [1.807, 2.05) is 0 Å². The molecule has 0 aromatic carbocycles. The first kappa shape index (κ1) is 15.6. The molecule has 0 N–H and O–H groups in total. The van der Waals surface area contributed by atoms with E-state index in [-0.39, 0.29) is 38.5 Å². The molecule has 19 heavy (non-hydrogen) atoms. The molecule has 1 fully saturated rings. The third-order valence-corrected chi connectivity index (χ3v) is 2.85. The normalized spacial score (nSPS) is 18.2. The second kappa shape index (κ2) is 5.30. The fourth-order valence-corrected chi connectivity index (χ4v) is 1.76. The van der Waals surface area contributed by atoms with Crippen molar-refractivity contribution >= 4 is 11.8 Å². The van der Waals surface area contributed by atoms with Crippen LogP contribution in [0.25, 0.3) is 0 Å². The Morgan fingerprint density at radius 3 is 1.84 bits per heavy atom. The van der Waals surface area contributed by atoms with Gasteiger partial charge in [0, 0.05) is 33.1 Å². The fraction of sp³-hybridized carbons (Fsp3) is 0.800. The van der Waals surface area contributed by atoms with Crippen LogP contribution in [0.15, 0.2) is 0 Å². The Kier molecular flexibility index (Phi) is 4.36. The van der Waals surface area contributed by atoms with Gasteiger partial charge in [-0.1, -0.05) is 0 Å². The Hall–Kier alpha value is -1.41. The molecule has 110 valence electrons. The lowest BCUT2D eigenvalue weighted by atomic mass is 10.2. The van der Waals surface area contributed by atoms with Gasteiger partial charge < -0.3 is 9.80 Å². The zero-order valence-electron chi connectivity index (χ0n) is 10.1. The van der Waals surface area contributed by atoms with E-state index >= 15 is 0 Å². The van der Waals surface area contributed by atoms with E-state index in [0.717, 1.165) is 0 Å². The molecule has 0 saturated carbocycles. The molecule has 1 saturated heterocycles. The third-order valence-electron chi connectivity index (χ3n) is 2.85. The molecule has 0 aromatic rings. The highest BCUT2D eigenvalue weighted by Gasteiger charge is 2.64. The zero-order chi connectivity index (χ0) is 14.8. The van der Waals surface area contributed by atoms with Crippen LogP contribution in [0.3, 0.4) is 0 Å². The molecule has 2 amide bonds. The van der Waals surface area contributed by atoms with Crippen LogP contribution in [0.4, 0.5) is 22.0 Å². The van der Waals surface area contributed by atoms with Gasteiger partial charge in [0.15, 0.2) is 0 Å². The number of rotatable bonds is 1. The molecule has 1 aliphatic heterocycles. The molecule has 0 atom stereocenters. The van der Waals surface area contributed by atoms with Crippen molar-refractivity contribution in [2.75, 3.05) is 26.2 Å². The number of carbonyl (C=O) groups excluding carboxylic acids is 2. The molecular weight excluding hydrogens is 275 g/mol. The SMILES string of the molecule is CC(=O)N1CCCN(C(=O)C(F)(F)C(F)(F)F)CC1. The molecule has 9 heteroatoms. The maximum absolute atomic E-state index is 12.9. The van der Waals surface area contributed by atoms with Gasteiger partial charge >= 0.3 is 18.0 Å². The quantitative estimate of drug-likeness (QED) is 0.682. The van der Waals surface area contributed by atoms with E-state index in [9.17, 15) is 31.5 Å². The average molecular weight is 288 g/mol. The molecule has 0 unspecified atom stereocenters. The largest absolute Gasteiger partial charge is 0.463 e. The number of carbonyl (C=O) groups is 2. The van der Waals surface area contributed by atoms with Crippen molar-refractivity contribution in [3.05, 3.63) is 0 Å². The molecule has 0 aliphatic carbocycles. The van der Waals surface area contributed by atoms with Crippen LogP contribution in [0.5, 0.6) is 0 Å². The van der Waals surface area contributed by atoms with E-state index < -0.39 is 18.0 Å². The summed E-state index contributed by atoms with van der Waals surface area (Å²) < 4.78 is 62.1. The maximum atomic E-state index is 12.9. The summed E-state index contributed by atoms with van der Waals surface area (Å²) in [6.45, 7) is 0.895. The molecular formula is C10H13F5N2O2. The van der Waals surface area contributed by atoms with Gasteiger partial charge in [-0.15, -0.1) is 0 Å². The number of halogens is 5. The van der Waals surface area contributed by atoms with Crippen molar-refractivity contribution in [2.24, 2.45) is 0 Å². The molecule has 0 bridgehead atoms. The van der Waals surface area contributed by atoms with Crippen molar-refractivity contribution in [1.82, 2.24) is 9.80 Å². The van der Waals surface area contributed by atoms with Crippen molar-refractivity contribution in [2.45, 2.75) is 25.4 Å². The van der Waals surface area contributed by atoms with Gasteiger partial charge in [0.1, 0.15) is 0 Å². The van der Waals surface area contributed by atoms with Gasteiger partial charge in [-0.05, 0) is 6.42 Å². The zero-order valence-corrected chi connectivity index (χ0v) is 10.1. The molecule has 4 nitrogen and oxygen atoms in total. The second-order valence-corrected chi connectivity index (χ2v) is 4.22. The molecule has 1 heterocycles. The van der Waals surface area contributed by atoms with Gasteiger partial charge in [-0.2, -0.15) is 22.0 Å². The molecule has 0 radical (unpaired) electrons. The lowest BCUT2D eigenvalue weighted by molar-refractivity contribution is -0.274. The first-order valence-corrected chi connectivity index (χ1v) is 5.57. The van der Waals surface area contributed by atoms with Gasteiger partial charge in [0.25, 0.3) is 0 Å². The number of nitrogens with zero attached hydrogens (tertiary/aromatic N) is 2. The third kappa shape index (κ3) is 3.32. The highest BCUT2D eigenvalue weighted by Crippen LogP contribution is 2.37. The number of amides is 2. The van der Waals surface area contributed by atoms with E-state index in [4.69, 9.17) is 0 Å². The second-order valence-electron chi connectivity index (χ2n) is 4.22. The summed E-state index contributed by atoms with van der Waals surface area (Å²) in [6.07, 6.45) is -5.74. The fourth-order valence-electron chi connectivity index (χ4n) is 1.76. The van der Waals surface area contributed by atoms with Crippen molar-refractivity contribution in [3.63, 3.8) is 0 Å². The Balaban J connectivity index is 2.76. The number of alkyl halides is 5. The highest BCUT2D eigenvalue weighted by atomic mass is 19.4. The minimum absolute atomic E-state index is 0.0466. The van der Waals surface area contributed by atoms with E-state index in [1.165, 1.54) is 11.8 Å². The van der Waals surface area contributed by atoms with E-state index in [1.54, 1.807) is 0 Å². The van der Waals surface area contributed by atoms with Gasteiger partial charge in [-0.25, -0.2) is 0 Å². The van der Waals surface area contributed by atoms with Crippen LogP contribution in [0.2, 0.25) is 0 Å². The number of hydrogen-bond acceptors (Lipinski definition) is 2. The summed E-state index contributed by atoms with van der Waals surface area (Å²) in [6, 6.07) is 0. The highest BCUT2D eigenvalue weighted by molar-refractivity contribution is 5.84. The first-order valence-electron chi connectivity index (χ1n) is 5.57. The minimum Gasteiger partial charge on any atom is -0.341 e. The van der Waals surface area contributed by atoms with Crippen molar-refractivity contribution in [3.8, 4) is 0 Å². The summed E-state index contributed by atoms with van der Waals surface area (Å²) in [5.41, 5.74) is 0. The van der Waals surface area contributed by atoms with E-state index in [2.05, 4.69) is 0 Å². The van der Waals surface area contributed by atoms with Crippen LogP contribution >= 0.6 is 0 Å². The van der Waals surface area contributed by atoms with Gasteiger partial charge in [0.2, 0.25) is 5.91 Å². The summed E-state index contributed by atoms with van der Waals surface area (Å²) in [5, 5.41) is 0. The lowest BCUT2D eigenvalue weighted by Gasteiger charge is -2.26. The summed E-state index contributed by atoms with van der Waals surface area (Å²) >= 11 is 0. The molecule has 0 aromatic heterocycles. The van der Waals surface area contributed by atoms with Crippen LogP contribution < -0.4 is 0 Å². The van der Waals surface area contributed by atoms with Crippen LogP contribution in [0.1, 0.15) is 13.3 Å². The van der Waals surface area contributed by atoms with Gasteiger partial charge in [-0.3, -0.25) is 9.59 Å². The Bertz CT molecular complexity index is 369. The minimum atomic E-state index is -5.91. The number of hydrogen-bond donors (Lipinski definition) is 0. The Morgan fingerprint density at radius 1 is 0.895 bits per heavy atom. The smallest absolute Gasteiger partial charge is 0.341 e. The lowest BCUT2D eigenvalue weighted by Crippen LogP contribution is -2.52. The predicted molar refractivity (Wildman–Crippen MR) is 54.5 cm³/mol.